The minimum absolute atomic E-state index is 0.110. The van der Waals surface area contributed by atoms with Gasteiger partial charge in [-0.3, -0.25) is 14.3 Å². The molecule has 10 nitrogen and oxygen atoms in total. The van der Waals surface area contributed by atoms with E-state index in [0.29, 0.717) is 35.8 Å². The van der Waals surface area contributed by atoms with Crippen LogP contribution in [0.1, 0.15) is 47.0 Å². The lowest BCUT2D eigenvalue weighted by Gasteiger charge is -2.17. The van der Waals surface area contributed by atoms with Gasteiger partial charge in [0.05, 0.1) is 18.7 Å². The summed E-state index contributed by atoms with van der Waals surface area (Å²) in [6, 6.07) is 12.5. The van der Waals surface area contributed by atoms with Crippen LogP contribution in [-0.4, -0.2) is 34.3 Å². The number of anilines is 1. The van der Waals surface area contributed by atoms with Crippen LogP contribution in [0.2, 0.25) is 0 Å². The van der Waals surface area contributed by atoms with Gasteiger partial charge in [0.15, 0.2) is 10.0 Å². The van der Waals surface area contributed by atoms with Crippen LogP contribution in [0.25, 0.3) is 22.0 Å². The predicted octanol–water partition coefficient (Wildman–Crippen LogP) is 6.25. The largest absolute Gasteiger partial charge is 0.493 e. The number of aromatic nitrogens is 3. The molecule has 3 N–H and O–H groups in total. The summed E-state index contributed by atoms with van der Waals surface area (Å²) in [5.74, 6) is 2.03. The minimum atomic E-state index is -4.39. The molecule has 0 bridgehead atoms. The first-order valence-corrected chi connectivity index (χ1v) is 15.9. The molecule has 0 atom stereocenters. The molecule has 1 aromatic carbocycles. The monoisotopic (exact) mass is 624 g/mol. The number of hydrogen-bond acceptors (Lipinski definition) is 9. The fraction of sp³-hybridized carbons (Fsp3) is 0.323. The first-order chi connectivity index (χ1) is 20.1. The fourth-order valence-corrected chi connectivity index (χ4v) is 6.54. The molecule has 0 aliphatic rings. The molecule has 0 amide bonds. The number of benzene rings is 1. The molecule has 0 aliphatic carbocycles. The second-order valence-electron chi connectivity index (χ2n) is 10.9. The second-order valence-corrected chi connectivity index (χ2v) is 13.7. The van der Waals surface area contributed by atoms with Gasteiger partial charge in [-0.25, -0.2) is 0 Å². The topological polar surface area (TPSA) is 151 Å². The van der Waals surface area contributed by atoms with Crippen LogP contribution in [0.15, 0.2) is 56.0 Å². The average Bonchev–Trinajstić information content (AvgIpc) is 3.46. The lowest BCUT2D eigenvalue weighted by Crippen LogP contribution is -2.20. The van der Waals surface area contributed by atoms with Crippen LogP contribution < -0.4 is 16.0 Å². The standard InChI is InChI=1S/C26H28N2O5S2.C5H8N2O/c1-15(2)14-33-24-12-19(6-7-21(24)22-11-17(4)34-26(22)35(30,31)32)13-28-23-10-16(3)27-18(5)20(23)8-9-25(28)29;1-3-4(2)8-7-5(3)6/h6-12,15H,13-14H2,1-5H3,(H,30,31,32);1-2H3,(H2,6,7). The molecule has 5 aromatic rings. The Morgan fingerprint density at radius 1 is 1.05 bits per heavy atom. The van der Waals surface area contributed by atoms with Crippen molar-refractivity contribution < 1.29 is 22.2 Å². The van der Waals surface area contributed by atoms with Gasteiger partial charge in [0.25, 0.3) is 5.56 Å². The molecule has 0 fully saturated rings. The molecule has 12 heteroatoms. The number of nitrogens with zero attached hydrogens (tertiary/aromatic N) is 3. The van der Waals surface area contributed by atoms with Crippen molar-refractivity contribution in [2.75, 3.05) is 12.3 Å². The zero-order valence-corrected chi connectivity index (χ0v) is 26.9. The van der Waals surface area contributed by atoms with Gasteiger partial charge in [-0.2, -0.15) is 8.42 Å². The number of nitrogens with two attached hydrogens (primary N) is 1. The fourth-order valence-electron chi connectivity index (χ4n) is 4.53. The highest BCUT2D eigenvalue weighted by molar-refractivity contribution is 7.88. The number of hydrogen-bond donors (Lipinski definition) is 2. The zero-order valence-electron chi connectivity index (χ0n) is 25.3. The third kappa shape index (κ3) is 7.32. The van der Waals surface area contributed by atoms with Crippen LogP contribution in [0.5, 0.6) is 5.75 Å². The Labute approximate surface area is 254 Å². The van der Waals surface area contributed by atoms with Crippen molar-refractivity contribution in [3.63, 3.8) is 0 Å². The first kappa shape index (κ1) is 31.9. The quantitative estimate of drug-likeness (QED) is 0.200. The summed E-state index contributed by atoms with van der Waals surface area (Å²) in [5.41, 5.74) is 10.4. The third-order valence-corrected chi connectivity index (χ3v) is 9.22. The average molecular weight is 625 g/mol. The summed E-state index contributed by atoms with van der Waals surface area (Å²) < 4.78 is 46.2. The van der Waals surface area contributed by atoms with Gasteiger partial charge in [0, 0.05) is 44.4 Å². The summed E-state index contributed by atoms with van der Waals surface area (Å²) in [7, 11) is -4.39. The van der Waals surface area contributed by atoms with E-state index in [0.717, 1.165) is 55.4 Å². The van der Waals surface area contributed by atoms with E-state index in [2.05, 4.69) is 10.1 Å². The van der Waals surface area contributed by atoms with Gasteiger partial charge in [-0.15, -0.1) is 11.3 Å². The highest BCUT2D eigenvalue weighted by Gasteiger charge is 2.23. The Morgan fingerprint density at radius 2 is 1.77 bits per heavy atom. The molecule has 0 unspecified atom stereocenters. The summed E-state index contributed by atoms with van der Waals surface area (Å²) in [4.78, 5) is 18.1. The third-order valence-electron chi connectivity index (χ3n) is 6.80. The molecule has 4 aromatic heterocycles. The Morgan fingerprint density at radius 3 is 2.35 bits per heavy atom. The second kappa shape index (κ2) is 12.7. The van der Waals surface area contributed by atoms with E-state index >= 15 is 0 Å². The number of thiophene rings is 1. The van der Waals surface area contributed by atoms with E-state index in [4.69, 9.17) is 15.0 Å². The van der Waals surface area contributed by atoms with Crippen molar-refractivity contribution in [1.82, 2.24) is 14.7 Å². The molecular weight excluding hydrogens is 588 g/mol. The Balaban J connectivity index is 0.000000458. The van der Waals surface area contributed by atoms with Crippen LogP contribution in [-0.2, 0) is 16.7 Å². The molecule has 0 radical (unpaired) electrons. The summed E-state index contributed by atoms with van der Waals surface area (Å²) in [6.45, 7) is 14.1. The Bertz CT molecular complexity index is 1940. The van der Waals surface area contributed by atoms with Gasteiger partial charge in [0.1, 0.15) is 11.5 Å². The van der Waals surface area contributed by atoms with Crippen molar-refractivity contribution in [3.8, 4) is 16.9 Å². The summed E-state index contributed by atoms with van der Waals surface area (Å²) >= 11 is 1.02. The summed E-state index contributed by atoms with van der Waals surface area (Å²) in [5, 5.41) is 4.43. The number of nitrogen functional groups attached to an aromatic ring is 1. The number of rotatable bonds is 7. The van der Waals surface area contributed by atoms with Crippen LogP contribution in [0.3, 0.4) is 0 Å². The molecule has 5 rings (SSSR count). The normalized spacial score (nSPS) is 11.6. The van der Waals surface area contributed by atoms with E-state index in [1.54, 1.807) is 35.8 Å². The molecule has 0 spiro atoms. The Hall–Kier alpha value is -4.00. The molecule has 0 saturated heterocycles. The van der Waals surface area contributed by atoms with E-state index < -0.39 is 10.1 Å². The molecule has 4 heterocycles. The number of aryl methyl sites for hydroxylation is 4. The van der Waals surface area contributed by atoms with E-state index in [-0.39, 0.29) is 15.7 Å². The predicted molar refractivity (Wildman–Crippen MR) is 170 cm³/mol. The Kier molecular flexibility index (Phi) is 9.43. The molecule has 0 saturated carbocycles. The minimum Gasteiger partial charge on any atom is -0.493 e. The van der Waals surface area contributed by atoms with E-state index in [9.17, 15) is 17.8 Å². The number of ether oxygens (including phenoxy) is 1. The van der Waals surface area contributed by atoms with Gasteiger partial charge in [-0.1, -0.05) is 31.1 Å². The molecule has 0 aliphatic heterocycles. The smallest absolute Gasteiger partial charge is 0.304 e. The maximum atomic E-state index is 12.8. The van der Waals surface area contributed by atoms with E-state index in [1.165, 1.54) is 0 Å². The van der Waals surface area contributed by atoms with Crippen molar-refractivity contribution in [2.45, 2.75) is 59.2 Å². The first-order valence-electron chi connectivity index (χ1n) is 13.7. The lowest BCUT2D eigenvalue weighted by molar-refractivity contribution is 0.272. The highest BCUT2D eigenvalue weighted by atomic mass is 32.3. The zero-order chi connectivity index (χ0) is 31.6. The van der Waals surface area contributed by atoms with Gasteiger partial charge in [0.2, 0.25) is 0 Å². The maximum absolute atomic E-state index is 12.8. The van der Waals surface area contributed by atoms with E-state index in [1.807, 2.05) is 59.7 Å². The van der Waals surface area contributed by atoms with Gasteiger partial charge in [-0.05, 0) is 70.4 Å². The van der Waals surface area contributed by atoms with Crippen molar-refractivity contribution in [1.29, 1.82) is 0 Å². The molecule has 43 heavy (non-hydrogen) atoms. The van der Waals surface area contributed by atoms with Gasteiger partial charge >= 0.3 is 10.1 Å². The lowest BCUT2D eigenvalue weighted by atomic mass is 10.0. The van der Waals surface area contributed by atoms with Crippen molar-refractivity contribution in [2.24, 2.45) is 5.92 Å². The number of pyridine rings is 2. The maximum Gasteiger partial charge on any atom is 0.304 e. The van der Waals surface area contributed by atoms with Crippen molar-refractivity contribution >= 4 is 38.2 Å². The van der Waals surface area contributed by atoms with Crippen LogP contribution in [0, 0.1) is 40.5 Å². The van der Waals surface area contributed by atoms with Crippen molar-refractivity contribution in [3.05, 3.63) is 86.0 Å². The SMILES string of the molecule is Cc1cc2c(ccc(=O)n2Cc2ccc(-c3cc(C)sc3S(=O)(=O)O)c(OCC(C)C)c2)c(C)n1.Cc1onc(N)c1C. The number of fused-ring (bicyclic) bond motifs is 1. The molecule has 228 valence electrons. The summed E-state index contributed by atoms with van der Waals surface area (Å²) in [6.07, 6.45) is 0. The van der Waals surface area contributed by atoms with Gasteiger partial charge < -0.3 is 19.6 Å². The molecular formula is C31H36N4O6S2. The highest BCUT2D eigenvalue weighted by Crippen LogP contribution is 2.40. The van der Waals surface area contributed by atoms with Crippen LogP contribution in [0.4, 0.5) is 5.82 Å². The van der Waals surface area contributed by atoms with Crippen LogP contribution >= 0.6 is 11.3 Å².